The normalized spacial score (nSPS) is 12.4. The molecule has 2 N–H and O–H groups in total. The zero-order valence-electron chi connectivity index (χ0n) is 10.8. The van der Waals surface area contributed by atoms with Gasteiger partial charge in [-0.05, 0) is 24.1 Å². The van der Waals surface area contributed by atoms with Gasteiger partial charge in [0.15, 0.2) is 0 Å². The summed E-state index contributed by atoms with van der Waals surface area (Å²) >= 11 is 1.63. The van der Waals surface area contributed by atoms with E-state index < -0.39 is 0 Å². The predicted molar refractivity (Wildman–Crippen MR) is 77.9 cm³/mol. The Hall–Kier alpha value is -1.39. The number of aromatic nitrogens is 1. The Labute approximate surface area is 112 Å². The second-order valence-corrected chi connectivity index (χ2v) is 5.16. The predicted octanol–water partition coefficient (Wildman–Crippen LogP) is 3.19. The van der Waals surface area contributed by atoms with Crippen LogP contribution in [0.25, 0.3) is 0 Å². The van der Waals surface area contributed by atoms with Gasteiger partial charge in [0.05, 0.1) is 17.7 Å². The van der Waals surface area contributed by atoms with Crippen LogP contribution in [-0.2, 0) is 6.54 Å². The van der Waals surface area contributed by atoms with Gasteiger partial charge >= 0.3 is 0 Å². The molecule has 0 bridgehead atoms. The SMILES string of the molecule is CCC(N)c1ccc(N(C)Cc2cscn2)cc1. The molecule has 0 aliphatic rings. The highest BCUT2D eigenvalue weighted by Gasteiger charge is 2.06. The largest absolute Gasteiger partial charge is 0.369 e. The summed E-state index contributed by atoms with van der Waals surface area (Å²) in [6.07, 6.45) is 0.966. The minimum absolute atomic E-state index is 0.142. The van der Waals surface area contributed by atoms with Crippen molar-refractivity contribution in [3.05, 3.63) is 46.4 Å². The van der Waals surface area contributed by atoms with Crippen molar-refractivity contribution in [2.45, 2.75) is 25.9 Å². The molecule has 0 spiro atoms. The van der Waals surface area contributed by atoms with E-state index in [0.717, 1.165) is 18.7 Å². The number of anilines is 1. The lowest BCUT2D eigenvalue weighted by Crippen LogP contribution is -2.16. The molecular formula is C14H19N3S. The molecule has 0 saturated heterocycles. The summed E-state index contributed by atoms with van der Waals surface area (Å²) < 4.78 is 0. The molecule has 0 amide bonds. The van der Waals surface area contributed by atoms with Crippen molar-refractivity contribution in [3.8, 4) is 0 Å². The molecule has 0 fully saturated rings. The van der Waals surface area contributed by atoms with Crippen LogP contribution in [0, 0.1) is 0 Å². The van der Waals surface area contributed by atoms with Crippen molar-refractivity contribution >= 4 is 17.0 Å². The topological polar surface area (TPSA) is 42.1 Å². The molecule has 1 unspecified atom stereocenters. The number of benzene rings is 1. The third kappa shape index (κ3) is 3.09. The van der Waals surface area contributed by atoms with Crippen molar-refractivity contribution in [2.75, 3.05) is 11.9 Å². The monoisotopic (exact) mass is 261 g/mol. The zero-order chi connectivity index (χ0) is 13.0. The van der Waals surface area contributed by atoms with Gasteiger partial charge in [0, 0.05) is 24.2 Å². The summed E-state index contributed by atoms with van der Waals surface area (Å²) in [5, 5.41) is 2.08. The molecular weight excluding hydrogens is 242 g/mol. The Bertz CT molecular complexity index is 464. The van der Waals surface area contributed by atoms with Crippen molar-refractivity contribution < 1.29 is 0 Å². The van der Waals surface area contributed by atoms with E-state index in [2.05, 4.69) is 53.5 Å². The summed E-state index contributed by atoms with van der Waals surface area (Å²) in [6, 6.07) is 8.61. The highest BCUT2D eigenvalue weighted by atomic mass is 32.1. The van der Waals surface area contributed by atoms with Gasteiger partial charge in [0.1, 0.15) is 0 Å². The molecule has 0 aliphatic carbocycles. The van der Waals surface area contributed by atoms with Gasteiger partial charge in [-0.2, -0.15) is 0 Å². The van der Waals surface area contributed by atoms with Gasteiger partial charge in [-0.1, -0.05) is 19.1 Å². The van der Waals surface area contributed by atoms with Crippen LogP contribution in [0.1, 0.15) is 30.6 Å². The number of hydrogen-bond donors (Lipinski definition) is 1. The average Bonchev–Trinajstić information content (AvgIpc) is 2.91. The van der Waals surface area contributed by atoms with E-state index in [-0.39, 0.29) is 6.04 Å². The minimum Gasteiger partial charge on any atom is -0.369 e. The van der Waals surface area contributed by atoms with Crippen molar-refractivity contribution in [3.63, 3.8) is 0 Å². The van der Waals surface area contributed by atoms with Crippen LogP contribution in [0.15, 0.2) is 35.2 Å². The van der Waals surface area contributed by atoms with E-state index in [1.807, 2.05) is 5.51 Å². The Kier molecular flexibility index (Phi) is 4.33. The first-order chi connectivity index (χ1) is 8.70. The van der Waals surface area contributed by atoms with Crippen LogP contribution in [-0.4, -0.2) is 12.0 Å². The molecule has 1 atom stereocenters. The molecule has 0 aliphatic heterocycles. The highest BCUT2D eigenvalue weighted by Crippen LogP contribution is 2.20. The van der Waals surface area contributed by atoms with E-state index >= 15 is 0 Å². The molecule has 4 heteroatoms. The second-order valence-electron chi connectivity index (χ2n) is 4.44. The Morgan fingerprint density at radius 3 is 2.61 bits per heavy atom. The van der Waals surface area contributed by atoms with Crippen LogP contribution >= 0.6 is 11.3 Å². The molecule has 1 aromatic carbocycles. The smallest absolute Gasteiger partial charge is 0.0795 e. The van der Waals surface area contributed by atoms with E-state index in [1.165, 1.54) is 11.3 Å². The molecule has 1 heterocycles. The van der Waals surface area contributed by atoms with Crippen molar-refractivity contribution in [1.29, 1.82) is 0 Å². The number of thiazole rings is 1. The van der Waals surface area contributed by atoms with E-state index in [1.54, 1.807) is 11.3 Å². The number of nitrogens with zero attached hydrogens (tertiary/aromatic N) is 2. The molecule has 2 aromatic rings. The molecule has 1 aromatic heterocycles. The lowest BCUT2D eigenvalue weighted by Gasteiger charge is -2.19. The van der Waals surface area contributed by atoms with Gasteiger partial charge in [-0.25, -0.2) is 4.98 Å². The standard InChI is InChI=1S/C14H19N3S/c1-3-14(15)11-4-6-13(7-5-11)17(2)8-12-9-18-10-16-12/h4-7,9-10,14H,3,8,15H2,1-2H3. The van der Waals surface area contributed by atoms with Crippen LogP contribution in [0.3, 0.4) is 0 Å². The van der Waals surface area contributed by atoms with E-state index in [4.69, 9.17) is 5.73 Å². The molecule has 0 radical (unpaired) electrons. The lowest BCUT2D eigenvalue weighted by molar-refractivity contribution is 0.698. The molecule has 96 valence electrons. The summed E-state index contributed by atoms with van der Waals surface area (Å²) in [6.45, 7) is 2.94. The fourth-order valence-electron chi connectivity index (χ4n) is 1.86. The van der Waals surface area contributed by atoms with Gasteiger partial charge in [0.2, 0.25) is 0 Å². The minimum atomic E-state index is 0.142. The quantitative estimate of drug-likeness (QED) is 0.898. The summed E-state index contributed by atoms with van der Waals surface area (Å²) in [5.41, 5.74) is 11.4. The summed E-state index contributed by atoms with van der Waals surface area (Å²) in [5.74, 6) is 0. The molecule has 3 nitrogen and oxygen atoms in total. The Morgan fingerprint density at radius 2 is 2.06 bits per heavy atom. The van der Waals surface area contributed by atoms with Gasteiger partial charge < -0.3 is 10.6 Å². The Morgan fingerprint density at radius 1 is 1.33 bits per heavy atom. The zero-order valence-corrected chi connectivity index (χ0v) is 11.7. The lowest BCUT2D eigenvalue weighted by atomic mass is 10.1. The van der Waals surface area contributed by atoms with Crippen LogP contribution in [0.5, 0.6) is 0 Å². The molecule has 2 rings (SSSR count). The van der Waals surface area contributed by atoms with Gasteiger partial charge in [0.25, 0.3) is 0 Å². The third-order valence-electron chi connectivity index (χ3n) is 3.08. The highest BCUT2D eigenvalue weighted by molar-refractivity contribution is 7.07. The third-order valence-corrected chi connectivity index (χ3v) is 3.72. The second kappa shape index (κ2) is 5.98. The van der Waals surface area contributed by atoms with Crippen molar-refractivity contribution in [1.82, 2.24) is 4.98 Å². The number of hydrogen-bond acceptors (Lipinski definition) is 4. The first-order valence-corrected chi connectivity index (χ1v) is 7.08. The number of rotatable bonds is 5. The first kappa shape index (κ1) is 13.1. The average molecular weight is 261 g/mol. The summed E-state index contributed by atoms with van der Waals surface area (Å²) in [7, 11) is 2.08. The fraction of sp³-hybridized carbons (Fsp3) is 0.357. The van der Waals surface area contributed by atoms with Gasteiger partial charge in [-0.3, -0.25) is 0 Å². The van der Waals surface area contributed by atoms with E-state index in [0.29, 0.717) is 0 Å². The number of nitrogens with two attached hydrogens (primary N) is 1. The van der Waals surface area contributed by atoms with Crippen LogP contribution < -0.4 is 10.6 Å². The van der Waals surface area contributed by atoms with Crippen LogP contribution in [0.4, 0.5) is 5.69 Å². The van der Waals surface area contributed by atoms with E-state index in [9.17, 15) is 0 Å². The molecule has 18 heavy (non-hydrogen) atoms. The molecule has 0 saturated carbocycles. The maximum Gasteiger partial charge on any atom is 0.0795 e. The summed E-state index contributed by atoms with van der Waals surface area (Å²) in [4.78, 5) is 6.49. The maximum absolute atomic E-state index is 6.01. The Balaban J connectivity index is 2.04. The fourth-order valence-corrected chi connectivity index (χ4v) is 2.41. The van der Waals surface area contributed by atoms with Crippen LogP contribution in [0.2, 0.25) is 0 Å². The first-order valence-electron chi connectivity index (χ1n) is 6.14. The maximum atomic E-state index is 6.01. The van der Waals surface area contributed by atoms with Gasteiger partial charge in [-0.15, -0.1) is 11.3 Å². The van der Waals surface area contributed by atoms with Crippen molar-refractivity contribution in [2.24, 2.45) is 5.73 Å².